The molecule has 0 bridgehead atoms. The molecule has 2 aromatic rings. The number of nitro benzene ring substituents is 1. The highest BCUT2D eigenvalue weighted by Crippen LogP contribution is 2.28. The summed E-state index contributed by atoms with van der Waals surface area (Å²) < 4.78 is 0. The van der Waals surface area contributed by atoms with Crippen LogP contribution < -0.4 is 5.32 Å². The van der Waals surface area contributed by atoms with Gasteiger partial charge < -0.3 is 10.4 Å². The number of nitrogens with one attached hydrogen (secondary N) is 1. The van der Waals surface area contributed by atoms with Crippen molar-refractivity contribution in [3.63, 3.8) is 0 Å². The first kappa shape index (κ1) is 14.8. The van der Waals surface area contributed by atoms with Crippen LogP contribution in [0.3, 0.4) is 0 Å². The number of non-ortho nitro benzene ring substituents is 1. The minimum atomic E-state index is -0.579. The zero-order valence-electron chi connectivity index (χ0n) is 11.0. The maximum Gasteiger partial charge on any atom is 0.271 e. The Morgan fingerprint density at radius 3 is 2.62 bits per heavy atom. The number of hydrogen-bond acceptors (Lipinski definition) is 4. The molecule has 0 aromatic heterocycles. The van der Waals surface area contributed by atoms with Crippen molar-refractivity contribution in [1.29, 1.82) is 0 Å². The second-order valence-electron chi connectivity index (χ2n) is 4.40. The highest BCUT2D eigenvalue weighted by Gasteiger charge is 2.15. The predicted molar refractivity (Wildman–Crippen MR) is 78.9 cm³/mol. The van der Waals surface area contributed by atoms with E-state index in [0.29, 0.717) is 0 Å². The van der Waals surface area contributed by atoms with E-state index in [9.17, 15) is 20.0 Å². The number of aryl methyl sites for hydroxylation is 1. The van der Waals surface area contributed by atoms with Gasteiger partial charge in [-0.15, -0.1) is 0 Å². The molecule has 108 valence electrons. The number of hydrogen-bond donors (Lipinski definition) is 2. The number of amides is 1. The van der Waals surface area contributed by atoms with Gasteiger partial charge in [0.2, 0.25) is 0 Å². The molecule has 2 aromatic carbocycles. The van der Waals surface area contributed by atoms with E-state index >= 15 is 0 Å². The van der Waals surface area contributed by atoms with Gasteiger partial charge in [-0.1, -0.05) is 23.2 Å². The molecule has 0 saturated carbocycles. The zero-order valence-corrected chi connectivity index (χ0v) is 11.7. The van der Waals surface area contributed by atoms with E-state index in [1.807, 2.05) is 0 Å². The van der Waals surface area contributed by atoms with Gasteiger partial charge in [0.05, 0.1) is 21.2 Å². The quantitative estimate of drug-likeness (QED) is 0.670. The number of anilines is 1. The van der Waals surface area contributed by atoms with Crippen molar-refractivity contribution in [3.8, 4) is 5.75 Å². The Morgan fingerprint density at radius 2 is 2.00 bits per heavy atom. The van der Waals surface area contributed by atoms with Crippen molar-refractivity contribution >= 4 is 28.9 Å². The number of phenolic OH excluding ortho intramolecular Hbond substituents is 1. The molecule has 2 rings (SSSR count). The summed E-state index contributed by atoms with van der Waals surface area (Å²) in [6.45, 7) is 1.79. The molecule has 6 nitrogen and oxygen atoms in total. The third kappa shape index (κ3) is 3.29. The van der Waals surface area contributed by atoms with Gasteiger partial charge in [-0.2, -0.15) is 0 Å². The van der Waals surface area contributed by atoms with Gasteiger partial charge in [-0.25, -0.2) is 0 Å². The second-order valence-corrected chi connectivity index (χ2v) is 4.80. The van der Waals surface area contributed by atoms with E-state index in [2.05, 4.69) is 5.32 Å². The minimum absolute atomic E-state index is 0.0460. The van der Waals surface area contributed by atoms with Gasteiger partial charge in [0.15, 0.2) is 0 Å². The molecule has 0 saturated heterocycles. The number of halogens is 1. The van der Waals surface area contributed by atoms with Crippen LogP contribution in [-0.2, 0) is 0 Å². The highest BCUT2D eigenvalue weighted by molar-refractivity contribution is 6.34. The third-order valence-corrected chi connectivity index (χ3v) is 3.12. The fourth-order valence-corrected chi connectivity index (χ4v) is 1.96. The fraction of sp³-hybridized carbons (Fsp3) is 0.0714. The summed E-state index contributed by atoms with van der Waals surface area (Å²) in [6.07, 6.45) is 0. The van der Waals surface area contributed by atoms with Gasteiger partial charge >= 0.3 is 0 Å². The van der Waals surface area contributed by atoms with Gasteiger partial charge in [0.1, 0.15) is 5.75 Å². The Balaban J connectivity index is 2.27. The number of rotatable bonds is 3. The predicted octanol–water partition coefficient (Wildman–Crippen LogP) is 3.51. The number of aromatic hydroxyl groups is 1. The van der Waals surface area contributed by atoms with E-state index < -0.39 is 10.8 Å². The van der Waals surface area contributed by atoms with E-state index in [0.717, 1.165) is 11.6 Å². The molecule has 0 aliphatic heterocycles. The van der Waals surface area contributed by atoms with Gasteiger partial charge in [0, 0.05) is 12.1 Å². The van der Waals surface area contributed by atoms with Crippen LogP contribution in [0.2, 0.25) is 5.02 Å². The largest absolute Gasteiger partial charge is 0.507 e. The summed E-state index contributed by atoms with van der Waals surface area (Å²) in [6, 6.07) is 8.34. The maximum atomic E-state index is 12.1. The number of nitrogens with zero attached hydrogens (tertiary/aromatic N) is 1. The Labute approximate surface area is 125 Å². The number of carbonyl (C=O) groups excluding carboxylic acids is 1. The summed E-state index contributed by atoms with van der Waals surface area (Å²) in [7, 11) is 0. The van der Waals surface area contributed by atoms with Crippen molar-refractivity contribution in [2.45, 2.75) is 6.92 Å². The number of benzene rings is 2. The number of phenols is 1. The van der Waals surface area contributed by atoms with Gasteiger partial charge in [-0.05, 0) is 25.1 Å². The molecule has 0 atom stereocenters. The molecule has 1 amide bonds. The lowest BCUT2D eigenvalue weighted by Crippen LogP contribution is -2.12. The van der Waals surface area contributed by atoms with Gasteiger partial charge in [0.25, 0.3) is 11.6 Å². The van der Waals surface area contributed by atoms with E-state index in [1.54, 1.807) is 13.0 Å². The molecular weight excluding hydrogens is 296 g/mol. The molecule has 0 unspecified atom stereocenters. The Hall–Kier alpha value is -2.60. The summed E-state index contributed by atoms with van der Waals surface area (Å²) in [5, 5.41) is 22.9. The monoisotopic (exact) mass is 306 g/mol. The fourth-order valence-electron chi connectivity index (χ4n) is 1.74. The molecule has 7 heteroatoms. The molecule has 0 fully saturated rings. The van der Waals surface area contributed by atoms with E-state index in [4.69, 9.17) is 11.6 Å². The first-order valence-corrected chi connectivity index (χ1v) is 6.31. The lowest BCUT2D eigenvalue weighted by Gasteiger charge is -2.09. The van der Waals surface area contributed by atoms with Crippen LogP contribution in [0.15, 0.2) is 36.4 Å². The molecule has 2 N–H and O–H groups in total. The molecule has 21 heavy (non-hydrogen) atoms. The molecular formula is C14H11ClN2O4. The van der Waals surface area contributed by atoms with Crippen molar-refractivity contribution in [2.75, 3.05) is 5.32 Å². The van der Waals surface area contributed by atoms with Crippen LogP contribution in [0.5, 0.6) is 5.75 Å². The maximum absolute atomic E-state index is 12.1. The summed E-state index contributed by atoms with van der Waals surface area (Å²) in [4.78, 5) is 22.1. The zero-order chi connectivity index (χ0) is 15.6. The molecule has 0 aliphatic rings. The SMILES string of the molecule is Cc1ccc(O)c(C(=O)Nc2ccc([N+](=O)[O-])cc2Cl)c1. The van der Waals surface area contributed by atoms with Crippen LogP contribution in [0.4, 0.5) is 11.4 Å². The summed E-state index contributed by atoms with van der Waals surface area (Å²) in [5.41, 5.74) is 0.974. The van der Waals surface area contributed by atoms with E-state index in [1.165, 1.54) is 24.3 Å². The number of carbonyl (C=O) groups is 1. The first-order valence-electron chi connectivity index (χ1n) is 5.93. The van der Waals surface area contributed by atoms with Crippen LogP contribution in [0, 0.1) is 17.0 Å². The summed E-state index contributed by atoms with van der Waals surface area (Å²) >= 11 is 5.89. The lowest BCUT2D eigenvalue weighted by atomic mass is 10.1. The van der Waals surface area contributed by atoms with Crippen LogP contribution in [-0.4, -0.2) is 15.9 Å². The van der Waals surface area contributed by atoms with E-state index in [-0.39, 0.29) is 27.7 Å². The summed E-state index contributed by atoms with van der Waals surface area (Å²) in [5.74, 6) is -0.705. The van der Waals surface area contributed by atoms with Crippen molar-refractivity contribution in [2.24, 2.45) is 0 Å². The van der Waals surface area contributed by atoms with Crippen molar-refractivity contribution < 1.29 is 14.8 Å². The van der Waals surface area contributed by atoms with Crippen molar-refractivity contribution in [3.05, 3.63) is 62.7 Å². The van der Waals surface area contributed by atoms with Crippen molar-refractivity contribution in [1.82, 2.24) is 0 Å². The first-order chi connectivity index (χ1) is 9.88. The van der Waals surface area contributed by atoms with Crippen LogP contribution in [0.25, 0.3) is 0 Å². The Kier molecular flexibility index (Phi) is 4.09. The van der Waals surface area contributed by atoms with Crippen LogP contribution >= 0.6 is 11.6 Å². The van der Waals surface area contributed by atoms with Gasteiger partial charge in [-0.3, -0.25) is 14.9 Å². The minimum Gasteiger partial charge on any atom is -0.507 e. The average Bonchev–Trinajstić information content (AvgIpc) is 2.43. The standard InChI is InChI=1S/C14H11ClN2O4/c1-8-2-5-13(18)10(6-8)14(19)16-12-4-3-9(17(20)21)7-11(12)15/h2-7,18H,1H3,(H,16,19). The third-order valence-electron chi connectivity index (χ3n) is 2.81. The molecule has 0 radical (unpaired) electrons. The Morgan fingerprint density at radius 1 is 1.29 bits per heavy atom. The topological polar surface area (TPSA) is 92.5 Å². The lowest BCUT2D eigenvalue weighted by molar-refractivity contribution is -0.384. The Bertz CT molecular complexity index is 731. The molecule has 0 spiro atoms. The highest BCUT2D eigenvalue weighted by atomic mass is 35.5. The molecule has 0 heterocycles. The van der Waals surface area contributed by atoms with Crippen LogP contribution in [0.1, 0.15) is 15.9 Å². The smallest absolute Gasteiger partial charge is 0.271 e. The number of nitro groups is 1. The second kappa shape index (κ2) is 5.80. The normalized spacial score (nSPS) is 10.2. The average molecular weight is 307 g/mol. The molecule has 0 aliphatic carbocycles.